The van der Waals surface area contributed by atoms with Crippen molar-refractivity contribution in [3.63, 3.8) is 0 Å². The Kier molecular flexibility index (Phi) is 5.58. The number of nitrogens with zero attached hydrogens (tertiary/aromatic N) is 2. The molecule has 1 unspecified atom stereocenters. The molecule has 3 nitrogen and oxygen atoms in total. The van der Waals surface area contributed by atoms with E-state index in [0.29, 0.717) is 6.04 Å². The van der Waals surface area contributed by atoms with Crippen LogP contribution in [-0.2, 0) is 13.0 Å². The second kappa shape index (κ2) is 7.21. The van der Waals surface area contributed by atoms with Crippen LogP contribution in [0.2, 0.25) is 0 Å². The van der Waals surface area contributed by atoms with E-state index in [0.717, 1.165) is 38.6 Å². The highest BCUT2D eigenvalue weighted by atomic mass is 15.3. The molecule has 1 aromatic carbocycles. The SMILES string of the molecule is CC(C)Cc1ccc(CN2CCN(C)CC2CN)cc1. The summed E-state index contributed by atoms with van der Waals surface area (Å²) < 4.78 is 0. The van der Waals surface area contributed by atoms with Crippen LogP contribution in [0.25, 0.3) is 0 Å². The number of hydrogen-bond donors (Lipinski definition) is 1. The molecule has 1 fully saturated rings. The molecule has 20 heavy (non-hydrogen) atoms. The van der Waals surface area contributed by atoms with Crippen molar-refractivity contribution in [1.82, 2.24) is 9.80 Å². The van der Waals surface area contributed by atoms with Gasteiger partial charge in [-0.1, -0.05) is 38.1 Å². The van der Waals surface area contributed by atoms with Gasteiger partial charge in [0.2, 0.25) is 0 Å². The molecule has 1 aliphatic heterocycles. The van der Waals surface area contributed by atoms with Crippen molar-refractivity contribution in [1.29, 1.82) is 0 Å². The van der Waals surface area contributed by atoms with Crippen LogP contribution in [0.5, 0.6) is 0 Å². The highest BCUT2D eigenvalue weighted by molar-refractivity contribution is 5.23. The molecule has 0 saturated carbocycles. The van der Waals surface area contributed by atoms with Gasteiger partial charge in [0.15, 0.2) is 0 Å². The molecule has 2 N–H and O–H groups in total. The fourth-order valence-corrected chi connectivity index (χ4v) is 2.97. The predicted molar refractivity (Wildman–Crippen MR) is 85.7 cm³/mol. The second-order valence-corrected chi connectivity index (χ2v) is 6.54. The van der Waals surface area contributed by atoms with Crippen LogP contribution in [0.1, 0.15) is 25.0 Å². The van der Waals surface area contributed by atoms with Gasteiger partial charge in [-0.3, -0.25) is 4.90 Å². The van der Waals surface area contributed by atoms with E-state index in [1.807, 2.05) is 0 Å². The topological polar surface area (TPSA) is 32.5 Å². The first kappa shape index (κ1) is 15.5. The molecule has 0 bridgehead atoms. The smallest absolute Gasteiger partial charge is 0.0349 e. The monoisotopic (exact) mass is 275 g/mol. The van der Waals surface area contributed by atoms with Crippen LogP contribution < -0.4 is 5.73 Å². The summed E-state index contributed by atoms with van der Waals surface area (Å²) in [6, 6.07) is 9.61. The minimum atomic E-state index is 0.490. The van der Waals surface area contributed by atoms with Gasteiger partial charge in [-0.15, -0.1) is 0 Å². The van der Waals surface area contributed by atoms with Gasteiger partial charge in [0, 0.05) is 38.8 Å². The molecule has 0 spiro atoms. The third-order valence-corrected chi connectivity index (χ3v) is 4.13. The lowest BCUT2D eigenvalue weighted by atomic mass is 10.0. The average Bonchev–Trinajstić information content (AvgIpc) is 2.42. The van der Waals surface area contributed by atoms with Crippen LogP contribution in [-0.4, -0.2) is 49.1 Å². The first-order valence-electron chi connectivity index (χ1n) is 7.79. The third kappa shape index (κ3) is 4.30. The maximum Gasteiger partial charge on any atom is 0.0349 e. The fraction of sp³-hybridized carbons (Fsp3) is 0.647. The molecule has 1 saturated heterocycles. The summed E-state index contributed by atoms with van der Waals surface area (Å²) in [6.07, 6.45) is 1.17. The van der Waals surface area contributed by atoms with Crippen molar-refractivity contribution < 1.29 is 0 Å². The Bertz CT molecular complexity index is 399. The number of hydrogen-bond acceptors (Lipinski definition) is 3. The maximum absolute atomic E-state index is 5.92. The van der Waals surface area contributed by atoms with E-state index >= 15 is 0 Å². The van der Waals surface area contributed by atoms with Crippen LogP contribution >= 0.6 is 0 Å². The summed E-state index contributed by atoms with van der Waals surface area (Å²) in [6.45, 7) is 9.65. The zero-order valence-corrected chi connectivity index (χ0v) is 13.2. The van der Waals surface area contributed by atoms with E-state index in [1.165, 1.54) is 17.5 Å². The van der Waals surface area contributed by atoms with Gasteiger partial charge in [0.1, 0.15) is 0 Å². The summed E-state index contributed by atoms with van der Waals surface area (Å²) >= 11 is 0. The molecule has 0 aromatic heterocycles. The lowest BCUT2D eigenvalue weighted by molar-refractivity contribution is 0.0881. The fourth-order valence-electron chi connectivity index (χ4n) is 2.97. The Morgan fingerprint density at radius 2 is 1.80 bits per heavy atom. The van der Waals surface area contributed by atoms with Crippen molar-refractivity contribution in [2.75, 3.05) is 33.2 Å². The van der Waals surface area contributed by atoms with Gasteiger partial charge in [-0.05, 0) is 30.5 Å². The molecule has 0 radical (unpaired) electrons. The number of nitrogens with two attached hydrogens (primary N) is 1. The lowest BCUT2D eigenvalue weighted by Gasteiger charge is -2.39. The lowest BCUT2D eigenvalue weighted by Crippen LogP contribution is -2.54. The second-order valence-electron chi connectivity index (χ2n) is 6.54. The van der Waals surface area contributed by atoms with E-state index in [4.69, 9.17) is 5.73 Å². The molecular weight excluding hydrogens is 246 g/mol. The summed E-state index contributed by atoms with van der Waals surface area (Å²) in [7, 11) is 2.18. The van der Waals surface area contributed by atoms with Crippen molar-refractivity contribution in [2.24, 2.45) is 11.7 Å². The number of rotatable bonds is 5. The van der Waals surface area contributed by atoms with Crippen molar-refractivity contribution in [3.8, 4) is 0 Å². The summed E-state index contributed by atoms with van der Waals surface area (Å²) in [4.78, 5) is 4.90. The highest BCUT2D eigenvalue weighted by Crippen LogP contribution is 2.15. The standard InChI is InChI=1S/C17H29N3/c1-14(2)10-15-4-6-16(7-5-15)12-20-9-8-19(3)13-17(20)11-18/h4-7,14,17H,8-13,18H2,1-3H3. The number of piperazine rings is 1. The van der Waals surface area contributed by atoms with Crippen LogP contribution in [0.15, 0.2) is 24.3 Å². The molecule has 1 aliphatic rings. The molecule has 0 aliphatic carbocycles. The molecular formula is C17H29N3. The van der Waals surface area contributed by atoms with Gasteiger partial charge in [0.25, 0.3) is 0 Å². The molecule has 0 amide bonds. The largest absolute Gasteiger partial charge is 0.329 e. The van der Waals surface area contributed by atoms with Gasteiger partial charge in [-0.25, -0.2) is 0 Å². The minimum Gasteiger partial charge on any atom is -0.329 e. The summed E-state index contributed by atoms with van der Waals surface area (Å²) in [5.74, 6) is 0.722. The van der Waals surface area contributed by atoms with E-state index in [1.54, 1.807) is 0 Å². The van der Waals surface area contributed by atoms with E-state index < -0.39 is 0 Å². The quantitative estimate of drug-likeness (QED) is 0.891. The third-order valence-electron chi connectivity index (χ3n) is 4.13. The highest BCUT2D eigenvalue weighted by Gasteiger charge is 2.23. The Morgan fingerprint density at radius 1 is 1.15 bits per heavy atom. The first-order chi connectivity index (χ1) is 9.58. The van der Waals surface area contributed by atoms with E-state index in [2.05, 4.69) is 55.0 Å². The molecule has 1 atom stereocenters. The normalized spacial score (nSPS) is 21.6. The van der Waals surface area contributed by atoms with Crippen molar-refractivity contribution in [3.05, 3.63) is 35.4 Å². The maximum atomic E-state index is 5.92. The molecule has 2 rings (SSSR count). The van der Waals surface area contributed by atoms with Gasteiger partial charge in [-0.2, -0.15) is 0 Å². The van der Waals surface area contributed by atoms with Crippen LogP contribution in [0.4, 0.5) is 0 Å². The summed E-state index contributed by atoms with van der Waals surface area (Å²) in [5.41, 5.74) is 8.77. The van der Waals surface area contributed by atoms with Gasteiger partial charge >= 0.3 is 0 Å². The molecule has 112 valence electrons. The molecule has 3 heteroatoms. The summed E-state index contributed by atoms with van der Waals surface area (Å²) in [5, 5.41) is 0. The van der Waals surface area contributed by atoms with Crippen molar-refractivity contribution in [2.45, 2.75) is 32.9 Å². The predicted octanol–water partition coefficient (Wildman–Crippen LogP) is 1.96. The average molecular weight is 275 g/mol. The zero-order valence-electron chi connectivity index (χ0n) is 13.2. The molecule has 1 heterocycles. The minimum absolute atomic E-state index is 0.490. The molecule has 1 aromatic rings. The van der Waals surface area contributed by atoms with Gasteiger partial charge in [0.05, 0.1) is 0 Å². The Morgan fingerprint density at radius 3 is 2.40 bits per heavy atom. The van der Waals surface area contributed by atoms with Crippen LogP contribution in [0, 0.1) is 5.92 Å². The van der Waals surface area contributed by atoms with E-state index in [-0.39, 0.29) is 0 Å². The van der Waals surface area contributed by atoms with Crippen LogP contribution in [0.3, 0.4) is 0 Å². The Hall–Kier alpha value is -0.900. The first-order valence-corrected chi connectivity index (χ1v) is 7.79. The number of benzene rings is 1. The number of likely N-dealkylation sites (N-methyl/N-ethyl adjacent to an activating group) is 1. The Balaban J connectivity index is 1.95. The zero-order chi connectivity index (χ0) is 14.5. The van der Waals surface area contributed by atoms with Gasteiger partial charge < -0.3 is 10.6 Å². The van der Waals surface area contributed by atoms with Crippen molar-refractivity contribution >= 4 is 0 Å². The Labute approximate surface area is 123 Å². The van der Waals surface area contributed by atoms with E-state index in [9.17, 15) is 0 Å².